The predicted octanol–water partition coefficient (Wildman–Crippen LogP) is -1.91. The van der Waals surface area contributed by atoms with Crippen molar-refractivity contribution in [1.82, 2.24) is 19.9 Å². The second kappa shape index (κ2) is 19.6. The van der Waals surface area contributed by atoms with Gasteiger partial charge < -0.3 is 60.4 Å². The Balaban J connectivity index is 0.000000414. The van der Waals surface area contributed by atoms with Crippen molar-refractivity contribution in [2.24, 2.45) is 0 Å². The minimum atomic E-state index is -1.50. The van der Waals surface area contributed by atoms with Crippen LogP contribution in [-0.4, -0.2) is 90.3 Å². The summed E-state index contributed by atoms with van der Waals surface area (Å²) in [7, 11) is 0.114. The summed E-state index contributed by atoms with van der Waals surface area (Å²) in [4.78, 5) is 14.2. The van der Waals surface area contributed by atoms with Gasteiger partial charge in [0.1, 0.15) is 25.4 Å². The fourth-order valence-corrected chi connectivity index (χ4v) is 3.17. The standard InChI is InChI=1S/C16H22N3O4.C10H15BN2O2.Li/c1-3-4-21-6-8-23-15-10-13-12(16(17)19-11-18-13)9-14(15)22-7-5-20-2;1-3-13(4-2)8-9-5-6-10(11(14)15)12-7-9;/h9-11H,1,3-8H2,2H3,(H2,17,18,19);5-7,14-15H,1-4,8H2;/q-1;-2;+1. The van der Waals surface area contributed by atoms with Crippen LogP contribution in [0.2, 0.25) is 0 Å². The van der Waals surface area contributed by atoms with Crippen LogP contribution in [-0.2, 0) is 16.0 Å². The maximum Gasteiger partial charge on any atom is 1.00 e. The smallest absolute Gasteiger partial charge is 0.487 e. The number of nitrogens with zero attached hydrogens (tertiary/aromatic N) is 4. The van der Waals surface area contributed by atoms with Crippen LogP contribution in [0.4, 0.5) is 5.82 Å². The van der Waals surface area contributed by atoms with E-state index in [0.717, 1.165) is 23.9 Å². The van der Waals surface area contributed by atoms with E-state index in [1.54, 1.807) is 31.5 Å². The zero-order chi connectivity index (χ0) is 27.8. The molecule has 0 spiro atoms. The van der Waals surface area contributed by atoms with Crippen LogP contribution < -0.4 is 39.7 Å². The number of anilines is 1. The molecule has 3 aromatic rings. The molecule has 0 unspecified atom stereocenters. The van der Waals surface area contributed by atoms with Gasteiger partial charge in [-0.3, -0.25) is 4.98 Å². The molecule has 11 nitrogen and oxygen atoms in total. The van der Waals surface area contributed by atoms with E-state index in [0.29, 0.717) is 69.0 Å². The first kappa shape index (κ1) is 34.6. The molecule has 2 heterocycles. The molecular formula is C26H37BLiN5O6-2. The molecule has 39 heavy (non-hydrogen) atoms. The van der Waals surface area contributed by atoms with Crippen molar-refractivity contribution >= 4 is 29.4 Å². The van der Waals surface area contributed by atoms with Crippen LogP contribution in [0.15, 0.2) is 36.8 Å². The van der Waals surface area contributed by atoms with Crippen molar-refractivity contribution in [3.8, 4) is 11.5 Å². The number of hydrogen-bond acceptors (Lipinski definition) is 11. The number of benzene rings is 1. The topological polar surface area (TPSA) is 145 Å². The fraction of sp³-hybridized carbons (Fsp3) is 0.385. The Hall–Kier alpha value is -2.43. The molecule has 0 saturated carbocycles. The average Bonchev–Trinajstić information content (AvgIpc) is 2.93. The molecule has 0 amide bonds. The fourth-order valence-electron chi connectivity index (χ4n) is 3.17. The molecule has 1 aromatic carbocycles. The molecule has 13 heteroatoms. The third kappa shape index (κ3) is 12.1. The zero-order valence-corrected chi connectivity index (χ0v) is 22.9. The van der Waals surface area contributed by atoms with Crippen molar-refractivity contribution < 1.29 is 47.9 Å². The molecular weight excluding hydrogens is 496 g/mol. The maximum atomic E-state index is 8.85. The summed E-state index contributed by atoms with van der Waals surface area (Å²) in [6.45, 7) is 15.8. The Kier molecular flexibility index (Phi) is 17.4. The van der Waals surface area contributed by atoms with Crippen LogP contribution in [0.25, 0.3) is 10.9 Å². The van der Waals surface area contributed by atoms with E-state index < -0.39 is 7.12 Å². The largest absolute Gasteiger partial charge is 1.00 e. The third-order valence-electron chi connectivity index (χ3n) is 5.20. The van der Waals surface area contributed by atoms with Crippen LogP contribution in [0.5, 0.6) is 11.5 Å². The zero-order valence-electron chi connectivity index (χ0n) is 22.9. The summed E-state index contributed by atoms with van der Waals surface area (Å²) in [6.07, 6.45) is 3.79. The van der Waals surface area contributed by atoms with Gasteiger partial charge in [0, 0.05) is 37.9 Å². The van der Waals surface area contributed by atoms with E-state index >= 15 is 0 Å². The number of pyridine rings is 1. The van der Waals surface area contributed by atoms with Crippen LogP contribution in [0.1, 0.15) is 12.0 Å². The third-order valence-corrected chi connectivity index (χ3v) is 5.20. The number of fused-ring (bicyclic) bond motifs is 1. The summed E-state index contributed by atoms with van der Waals surface area (Å²) in [5.74, 6) is 1.56. The normalized spacial score (nSPS) is 10.5. The van der Waals surface area contributed by atoms with Crippen molar-refractivity contribution in [2.75, 3.05) is 59.0 Å². The Morgan fingerprint density at radius 3 is 2.21 bits per heavy atom. The van der Waals surface area contributed by atoms with Crippen LogP contribution in [0, 0.1) is 20.8 Å². The van der Waals surface area contributed by atoms with Crippen molar-refractivity contribution in [3.05, 3.63) is 63.1 Å². The molecule has 3 rings (SSSR count). The molecule has 0 saturated heterocycles. The van der Waals surface area contributed by atoms with Gasteiger partial charge in [-0.15, -0.1) is 13.1 Å². The maximum absolute atomic E-state index is 8.85. The van der Waals surface area contributed by atoms with E-state index in [1.165, 1.54) is 6.33 Å². The minimum absolute atomic E-state index is 0. The van der Waals surface area contributed by atoms with Gasteiger partial charge in [0.05, 0.1) is 24.3 Å². The van der Waals surface area contributed by atoms with Gasteiger partial charge in [-0.2, -0.15) is 6.42 Å². The van der Waals surface area contributed by atoms with E-state index in [2.05, 4.69) is 35.7 Å². The Labute approximate surface area is 243 Å². The Morgan fingerprint density at radius 1 is 0.923 bits per heavy atom. The first-order valence-corrected chi connectivity index (χ1v) is 12.2. The van der Waals surface area contributed by atoms with Gasteiger partial charge in [-0.05, 0) is 17.7 Å². The van der Waals surface area contributed by atoms with Gasteiger partial charge in [0.2, 0.25) is 0 Å². The van der Waals surface area contributed by atoms with Crippen molar-refractivity contribution in [2.45, 2.75) is 13.0 Å². The molecule has 0 aliphatic heterocycles. The molecule has 0 aliphatic carbocycles. The molecule has 0 radical (unpaired) electrons. The van der Waals surface area contributed by atoms with Gasteiger partial charge in [0.25, 0.3) is 0 Å². The molecule has 208 valence electrons. The number of methoxy groups -OCH3 is 1. The van der Waals surface area contributed by atoms with E-state index in [1.807, 2.05) is 11.0 Å². The molecule has 0 bridgehead atoms. The number of aromatic nitrogens is 3. The van der Waals surface area contributed by atoms with Gasteiger partial charge >= 0.3 is 26.0 Å². The minimum Gasteiger partial charge on any atom is -0.487 e. The van der Waals surface area contributed by atoms with E-state index in [4.69, 9.17) is 34.7 Å². The second-order valence-corrected chi connectivity index (χ2v) is 7.97. The first-order valence-electron chi connectivity index (χ1n) is 12.2. The van der Waals surface area contributed by atoms with Gasteiger partial charge in [0.15, 0.2) is 11.5 Å². The van der Waals surface area contributed by atoms with Gasteiger partial charge in [-0.25, -0.2) is 9.97 Å². The monoisotopic (exact) mass is 533 g/mol. The van der Waals surface area contributed by atoms with Crippen LogP contribution >= 0.6 is 0 Å². The number of rotatable bonds is 15. The van der Waals surface area contributed by atoms with Crippen molar-refractivity contribution in [3.63, 3.8) is 0 Å². The summed E-state index contributed by atoms with van der Waals surface area (Å²) in [5.41, 5.74) is 7.85. The van der Waals surface area contributed by atoms with E-state index in [9.17, 15) is 0 Å². The molecule has 4 N–H and O–H groups in total. The molecule has 0 fully saturated rings. The predicted molar refractivity (Wildman–Crippen MR) is 148 cm³/mol. The number of ether oxygens (including phenoxy) is 4. The van der Waals surface area contributed by atoms with Gasteiger partial charge in [-0.1, -0.05) is 6.07 Å². The summed E-state index contributed by atoms with van der Waals surface area (Å²) < 4.78 is 21.8. The van der Waals surface area contributed by atoms with Crippen molar-refractivity contribution in [1.29, 1.82) is 0 Å². The summed E-state index contributed by atoms with van der Waals surface area (Å²) in [5, 5.41) is 18.4. The summed E-state index contributed by atoms with van der Waals surface area (Å²) >= 11 is 0. The second-order valence-electron chi connectivity index (χ2n) is 7.97. The number of nitrogen functional groups attached to an aromatic ring is 1. The molecule has 2 aromatic heterocycles. The molecule has 0 aliphatic rings. The number of hydrogen-bond donors (Lipinski definition) is 3. The Morgan fingerprint density at radius 2 is 1.62 bits per heavy atom. The van der Waals surface area contributed by atoms with E-state index in [-0.39, 0.29) is 24.5 Å². The SMILES string of the molecule is [CH2-]CCOCCOc1cc2ncnc(N)c2cc1OCCOC.[CH2-]CN(C[CH2-])Cc1ccc(B(O)O)nc1.[Li+]. The number of nitrogens with two attached hydrogens (primary N) is 1. The Bertz CT molecular complexity index is 1080. The first-order chi connectivity index (χ1) is 18.4. The quantitative estimate of drug-likeness (QED) is 0.114. The summed E-state index contributed by atoms with van der Waals surface area (Å²) in [6, 6.07) is 6.99. The van der Waals surface area contributed by atoms with Crippen LogP contribution in [0.3, 0.4) is 0 Å². The molecule has 0 atom stereocenters. The average molecular weight is 533 g/mol.